The van der Waals surface area contributed by atoms with Gasteiger partial charge >= 0.3 is 0 Å². The molecule has 2 aromatic heterocycles. The first kappa shape index (κ1) is 11.4. The van der Waals surface area contributed by atoms with E-state index in [2.05, 4.69) is 23.8 Å². The summed E-state index contributed by atoms with van der Waals surface area (Å²) in [4.78, 5) is 1.31. The van der Waals surface area contributed by atoms with Crippen LogP contribution >= 0.6 is 11.3 Å². The molecule has 0 radical (unpaired) electrons. The van der Waals surface area contributed by atoms with Crippen LogP contribution in [0, 0.1) is 6.92 Å². The Hall–Kier alpha value is -1.10. The number of nitrogens with one attached hydrogen (secondary N) is 1. The van der Waals surface area contributed by atoms with Crippen LogP contribution in [0.15, 0.2) is 34.3 Å². The van der Waals surface area contributed by atoms with Gasteiger partial charge in [-0.2, -0.15) is 0 Å². The van der Waals surface area contributed by atoms with Crippen molar-refractivity contribution in [1.82, 2.24) is 5.43 Å². The molecule has 0 aliphatic rings. The smallest absolute Gasteiger partial charge is 0.103 e. The number of hydrazine groups is 1. The average Bonchev–Trinajstić information content (AvgIpc) is 2.91. The fourth-order valence-corrected chi connectivity index (χ4v) is 2.49. The van der Waals surface area contributed by atoms with Gasteiger partial charge in [0, 0.05) is 17.3 Å². The molecule has 16 heavy (non-hydrogen) atoms. The van der Waals surface area contributed by atoms with Crippen LogP contribution in [-0.2, 0) is 6.42 Å². The second-order valence-corrected chi connectivity index (χ2v) is 4.94. The van der Waals surface area contributed by atoms with Gasteiger partial charge in [-0.25, -0.2) is 0 Å². The van der Waals surface area contributed by atoms with Crippen LogP contribution in [0.2, 0.25) is 0 Å². The molecule has 0 amide bonds. The Morgan fingerprint density at radius 2 is 2.44 bits per heavy atom. The molecule has 4 heteroatoms. The molecular weight excluding hydrogens is 220 g/mol. The van der Waals surface area contributed by atoms with Crippen LogP contribution < -0.4 is 11.3 Å². The minimum absolute atomic E-state index is 0.204. The molecule has 0 bridgehead atoms. The van der Waals surface area contributed by atoms with Gasteiger partial charge in [0.2, 0.25) is 0 Å². The summed E-state index contributed by atoms with van der Waals surface area (Å²) in [6, 6.07) is 6.29. The van der Waals surface area contributed by atoms with Crippen LogP contribution in [0.3, 0.4) is 0 Å². The lowest BCUT2D eigenvalue weighted by molar-refractivity contribution is 0.459. The van der Waals surface area contributed by atoms with Crippen LogP contribution in [0.1, 0.15) is 28.7 Å². The van der Waals surface area contributed by atoms with Crippen molar-refractivity contribution in [3.63, 3.8) is 0 Å². The lowest BCUT2D eigenvalue weighted by atomic mass is 10.0. The SMILES string of the molecule is Cc1cc(C(CCc2ccco2)NN)cs1. The van der Waals surface area contributed by atoms with E-state index in [-0.39, 0.29) is 6.04 Å². The van der Waals surface area contributed by atoms with Gasteiger partial charge in [0.25, 0.3) is 0 Å². The van der Waals surface area contributed by atoms with E-state index in [4.69, 9.17) is 10.3 Å². The molecule has 0 aliphatic carbocycles. The van der Waals surface area contributed by atoms with E-state index < -0.39 is 0 Å². The summed E-state index contributed by atoms with van der Waals surface area (Å²) in [5, 5.41) is 2.15. The highest BCUT2D eigenvalue weighted by Gasteiger charge is 2.11. The molecule has 3 N–H and O–H groups in total. The Labute approximate surface area is 99.2 Å². The van der Waals surface area contributed by atoms with Crippen molar-refractivity contribution in [2.24, 2.45) is 5.84 Å². The molecule has 2 rings (SSSR count). The van der Waals surface area contributed by atoms with Gasteiger partial charge in [0.15, 0.2) is 0 Å². The fourth-order valence-electron chi connectivity index (χ4n) is 1.73. The molecule has 0 fully saturated rings. The second-order valence-electron chi connectivity index (χ2n) is 3.83. The maximum Gasteiger partial charge on any atom is 0.103 e. The molecule has 0 aromatic carbocycles. The number of furan rings is 1. The Morgan fingerprint density at radius 3 is 3.00 bits per heavy atom. The summed E-state index contributed by atoms with van der Waals surface area (Å²) >= 11 is 1.75. The second kappa shape index (κ2) is 5.30. The lowest BCUT2D eigenvalue weighted by Gasteiger charge is -2.13. The first-order valence-electron chi connectivity index (χ1n) is 5.33. The first-order chi connectivity index (χ1) is 7.79. The zero-order valence-corrected chi connectivity index (χ0v) is 10.1. The maximum atomic E-state index is 5.58. The third kappa shape index (κ3) is 2.72. The highest BCUT2D eigenvalue weighted by Crippen LogP contribution is 2.23. The molecular formula is C12H16N2OS. The van der Waals surface area contributed by atoms with Crippen LogP contribution in [0.25, 0.3) is 0 Å². The monoisotopic (exact) mass is 236 g/mol. The van der Waals surface area contributed by atoms with Crippen molar-refractivity contribution in [2.75, 3.05) is 0 Å². The van der Waals surface area contributed by atoms with Gasteiger partial charge in [0.1, 0.15) is 5.76 Å². The zero-order valence-electron chi connectivity index (χ0n) is 9.27. The Morgan fingerprint density at radius 1 is 1.56 bits per heavy atom. The number of hydrogen-bond acceptors (Lipinski definition) is 4. The number of nitrogens with two attached hydrogens (primary N) is 1. The van der Waals surface area contributed by atoms with Gasteiger partial charge in [-0.05, 0) is 42.5 Å². The van der Waals surface area contributed by atoms with Crippen molar-refractivity contribution in [2.45, 2.75) is 25.8 Å². The normalized spacial score (nSPS) is 12.9. The largest absolute Gasteiger partial charge is 0.469 e. The predicted octanol–water partition coefficient (Wildman–Crippen LogP) is 2.79. The highest BCUT2D eigenvalue weighted by atomic mass is 32.1. The van der Waals surface area contributed by atoms with Crippen molar-refractivity contribution in [3.8, 4) is 0 Å². The van der Waals surface area contributed by atoms with Crippen LogP contribution in [0.5, 0.6) is 0 Å². The van der Waals surface area contributed by atoms with E-state index in [1.807, 2.05) is 12.1 Å². The molecule has 0 saturated carbocycles. The van der Waals surface area contributed by atoms with E-state index in [1.165, 1.54) is 10.4 Å². The molecule has 3 nitrogen and oxygen atoms in total. The fraction of sp³-hybridized carbons (Fsp3) is 0.333. The molecule has 0 spiro atoms. The Bertz CT molecular complexity index is 422. The third-order valence-corrected chi connectivity index (χ3v) is 3.49. The van der Waals surface area contributed by atoms with Crippen molar-refractivity contribution < 1.29 is 4.42 Å². The van der Waals surface area contributed by atoms with Crippen molar-refractivity contribution in [3.05, 3.63) is 46.0 Å². The molecule has 2 aromatic rings. The minimum Gasteiger partial charge on any atom is -0.469 e. The van der Waals surface area contributed by atoms with Crippen LogP contribution in [0.4, 0.5) is 0 Å². The quantitative estimate of drug-likeness (QED) is 0.620. The minimum atomic E-state index is 0.204. The summed E-state index contributed by atoms with van der Waals surface area (Å²) in [5.41, 5.74) is 4.12. The summed E-state index contributed by atoms with van der Waals surface area (Å²) in [6.45, 7) is 2.11. The molecule has 2 heterocycles. The van der Waals surface area contributed by atoms with Crippen molar-refractivity contribution in [1.29, 1.82) is 0 Å². The number of thiophene rings is 1. The van der Waals surface area contributed by atoms with Crippen molar-refractivity contribution >= 4 is 11.3 Å². The summed E-state index contributed by atoms with van der Waals surface area (Å²) < 4.78 is 5.30. The first-order valence-corrected chi connectivity index (χ1v) is 6.21. The van der Waals surface area contributed by atoms with Gasteiger partial charge < -0.3 is 4.42 Å². The maximum absolute atomic E-state index is 5.58. The zero-order chi connectivity index (χ0) is 11.4. The highest BCUT2D eigenvalue weighted by molar-refractivity contribution is 7.10. The van der Waals surface area contributed by atoms with E-state index in [0.717, 1.165) is 18.6 Å². The van der Waals surface area contributed by atoms with E-state index in [1.54, 1.807) is 17.6 Å². The van der Waals surface area contributed by atoms with Gasteiger partial charge in [-0.15, -0.1) is 11.3 Å². The van der Waals surface area contributed by atoms with Gasteiger partial charge in [0.05, 0.1) is 6.26 Å². The van der Waals surface area contributed by atoms with E-state index in [9.17, 15) is 0 Å². The Kier molecular flexibility index (Phi) is 3.77. The third-order valence-electron chi connectivity index (χ3n) is 2.61. The van der Waals surface area contributed by atoms with Crippen LogP contribution in [-0.4, -0.2) is 0 Å². The number of rotatable bonds is 5. The van der Waals surface area contributed by atoms with Gasteiger partial charge in [-0.3, -0.25) is 11.3 Å². The summed E-state index contributed by atoms with van der Waals surface area (Å²) in [7, 11) is 0. The topological polar surface area (TPSA) is 51.2 Å². The molecule has 1 atom stereocenters. The molecule has 1 unspecified atom stereocenters. The summed E-state index contributed by atoms with van der Waals surface area (Å²) in [6.07, 6.45) is 3.55. The summed E-state index contributed by atoms with van der Waals surface area (Å²) in [5.74, 6) is 6.58. The number of hydrogen-bond donors (Lipinski definition) is 2. The average molecular weight is 236 g/mol. The standard InChI is InChI=1S/C12H16N2OS/c1-9-7-10(8-16-9)12(14-13)5-4-11-3-2-6-15-11/h2-3,6-8,12,14H,4-5,13H2,1H3. The van der Waals surface area contributed by atoms with Gasteiger partial charge in [-0.1, -0.05) is 0 Å². The Balaban J connectivity index is 1.96. The lowest BCUT2D eigenvalue weighted by Crippen LogP contribution is -2.28. The number of aryl methyl sites for hydroxylation is 2. The molecule has 86 valence electrons. The van der Waals surface area contributed by atoms with E-state index in [0.29, 0.717) is 0 Å². The molecule has 0 aliphatic heterocycles. The van der Waals surface area contributed by atoms with E-state index >= 15 is 0 Å². The molecule has 0 saturated heterocycles. The predicted molar refractivity (Wildman–Crippen MR) is 66.1 cm³/mol.